The maximum atomic E-state index is 12.7. The molecule has 122 valence electrons. The molecule has 23 heavy (non-hydrogen) atoms. The van der Waals surface area contributed by atoms with Gasteiger partial charge in [-0.15, -0.1) is 11.3 Å². The van der Waals surface area contributed by atoms with E-state index in [0.717, 1.165) is 10.1 Å². The first kappa shape index (κ1) is 16.4. The summed E-state index contributed by atoms with van der Waals surface area (Å²) in [6, 6.07) is 5.38. The highest BCUT2D eigenvalue weighted by Crippen LogP contribution is 2.37. The lowest BCUT2D eigenvalue weighted by molar-refractivity contribution is 0.0604. The van der Waals surface area contributed by atoms with Crippen molar-refractivity contribution in [3.63, 3.8) is 0 Å². The standard InChI is InChI=1S/C15H14Cl2N2O3S/c1-22-15(21)19-6-4-18(5-7-19)14(20)13-12(17)10-3-2-9(16)8-11(10)23-13/h2-3,8H,4-7H2,1H3. The third-order valence-electron chi connectivity index (χ3n) is 3.79. The molecule has 0 N–H and O–H groups in total. The van der Waals surface area contributed by atoms with Gasteiger partial charge in [-0.3, -0.25) is 4.79 Å². The zero-order chi connectivity index (χ0) is 16.6. The van der Waals surface area contributed by atoms with E-state index in [1.165, 1.54) is 18.4 Å². The van der Waals surface area contributed by atoms with Crippen molar-refractivity contribution in [2.45, 2.75) is 0 Å². The highest BCUT2D eigenvalue weighted by Gasteiger charge is 2.28. The van der Waals surface area contributed by atoms with Crippen LogP contribution < -0.4 is 0 Å². The van der Waals surface area contributed by atoms with E-state index in [4.69, 9.17) is 27.9 Å². The number of hydrogen-bond acceptors (Lipinski definition) is 4. The third kappa shape index (κ3) is 3.11. The fourth-order valence-corrected chi connectivity index (χ4v) is 4.30. The molecule has 5 nitrogen and oxygen atoms in total. The Morgan fingerprint density at radius 1 is 1.13 bits per heavy atom. The van der Waals surface area contributed by atoms with Gasteiger partial charge in [0.1, 0.15) is 4.88 Å². The minimum absolute atomic E-state index is 0.114. The summed E-state index contributed by atoms with van der Waals surface area (Å²) in [5.41, 5.74) is 0. The summed E-state index contributed by atoms with van der Waals surface area (Å²) >= 11 is 13.7. The Balaban J connectivity index is 1.79. The summed E-state index contributed by atoms with van der Waals surface area (Å²) in [4.78, 5) is 28.0. The molecule has 0 atom stereocenters. The molecule has 0 bridgehead atoms. The first-order valence-corrected chi connectivity index (χ1v) is 8.58. The Kier molecular flexibility index (Phi) is 4.66. The average Bonchev–Trinajstić information content (AvgIpc) is 2.89. The minimum Gasteiger partial charge on any atom is -0.453 e. The van der Waals surface area contributed by atoms with Crippen LogP contribution in [0.3, 0.4) is 0 Å². The fraction of sp³-hybridized carbons (Fsp3) is 0.333. The molecule has 1 aliphatic heterocycles. The van der Waals surface area contributed by atoms with Gasteiger partial charge in [-0.25, -0.2) is 4.79 Å². The van der Waals surface area contributed by atoms with Gasteiger partial charge in [0, 0.05) is 41.3 Å². The molecule has 0 spiro atoms. The maximum Gasteiger partial charge on any atom is 0.409 e. The molecule has 3 rings (SSSR count). The summed E-state index contributed by atoms with van der Waals surface area (Å²) in [6.45, 7) is 1.82. The minimum atomic E-state index is -0.369. The number of amides is 2. The van der Waals surface area contributed by atoms with Crippen LogP contribution in [0.2, 0.25) is 10.0 Å². The molecule has 0 radical (unpaired) electrons. The molecule has 0 aliphatic carbocycles. The number of fused-ring (bicyclic) bond motifs is 1. The van der Waals surface area contributed by atoms with E-state index in [0.29, 0.717) is 41.1 Å². The van der Waals surface area contributed by atoms with Crippen molar-refractivity contribution in [2.24, 2.45) is 0 Å². The van der Waals surface area contributed by atoms with E-state index < -0.39 is 0 Å². The average molecular weight is 373 g/mol. The van der Waals surface area contributed by atoms with Gasteiger partial charge >= 0.3 is 6.09 Å². The lowest BCUT2D eigenvalue weighted by Crippen LogP contribution is -2.50. The van der Waals surface area contributed by atoms with Crippen LogP contribution in [0.4, 0.5) is 4.79 Å². The Morgan fingerprint density at radius 2 is 1.78 bits per heavy atom. The Bertz CT molecular complexity index is 769. The van der Waals surface area contributed by atoms with Crippen LogP contribution in [0.1, 0.15) is 9.67 Å². The topological polar surface area (TPSA) is 49.9 Å². The first-order chi connectivity index (χ1) is 11.0. The van der Waals surface area contributed by atoms with Gasteiger partial charge in [0.2, 0.25) is 0 Å². The van der Waals surface area contributed by atoms with Crippen molar-refractivity contribution in [2.75, 3.05) is 33.3 Å². The predicted octanol–water partition coefficient (Wildman–Crippen LogP) is 3.73. The highest BCUT2D eigenvalue weighted by molar-refractivity contribution is 7.21. The van der Waals surface area contributed by atoms with E-state index in [1.54, 1.807) is 21.9 Å². The molecular weight excluding hydrogens is 359 g/mol. The number of rotatable bonds is 1. The number of benzene rings is 1. The van der Waals surface area contributed by atoms with Gasteiger partial charge in [-0.1, -0.05) is 29.3 Å². The smallest absolute Gasteiger partial charge is 0.409 e. The number of carbonyl (C=O) groups is 2. The van der Waals surface area contributed by atoms with Crippen molar-refractivity contribution in [1.29, 1.82) is 0 Å². The molecule has 2 heterocycles. The lowest BCUT2D eigenvalue weighted by Gasteiger charge is -2.33. The quantitative estimate of drug-likeness (QED) is 0.765. The SMILES string of the molecule is COC(=O)N1CCN(C(=O)c2sc3cc(Cl)ccc3c2Cl)CC1. The van der Waals surface area contributed by atoms with E-state index in [1.807, 2.05) is 6.07 Å². The van der Waals surface area contributed by atoms with Crippen LogP contribution >= 0.6 is 34.5 Å². The van der Waals surface area contributed by atoms with Crippen molar-refractivity contribution in [1.82, 2.24) is 9.80 Å². The molecule has 0 saturated carbocycles. The maximum absolute atomic E-state index is 12.7. The molecule has 1 aromatic heterocycles. The van der Waals surface area contributed by atoms with E-state index in [-0.39, 0.29) is 12.0 Å². The largest absolute Gasteiger partial charge is 0.453 e. The summed E-state index contributed by atoms with van der Waals surface area (Å²) in [7, 11) is 1.35. The van der Waals surface area contributed by atoms with Gasteiger partial charge in [0.25, 0.3) is 5.91 Å². The predicted molar refractivity (Wildman–Crippen MR) is 91.7 cm³/mol. The van der Waals surface area contributed by atoms with Crippen LogP contribution in [0.5, 0.6) is 0 Å². The van der Waals surface area contributed by atoms with Gasteiger partial charge in [0.15, 0.2) is 0 Å². The van der Waals surface area contributed by atoms with E-state index in [9.17, 15) is 9.59 Å². The lowest BCUT2D eigenvalue weighted by atomic mass is 10.2. The van der Waals surface area contributed by atoms with Crippen molar-refractivity contribution < 1.29 is 14.3 Å². The summed E-state index contributed by atoms with van der Waals surface area (Å²) in [5.74, 6) is -0.114. The number of methoxy groups -OCH3 is 1. The highest BCUT2D eigenvalue weighted by atomic mass is 35.5. The Hall–Kier alpha value is -1.50. The van der Waals surface area contributed by atoms with Crippen LogP contribution in [0.25, 0.3) is 10.1 Å². The molecule has 1 aliphatic rings. The van der Waals surface area contributed by atoms with Gasteiger partial charge in [0.05, 0.1) is 12.1 Å². The van der Waals surface area contributed by atoms with Crippen molar-refractivity contribution in [3.8, 4) is 0 Å². The number of ether oxygens (including phenoxy) is 1. The van der Waals surface area contributed by atoms with Gasteiger partial charge in [-0.05, 0) is 12.1 Å². The molecule has 0 unspecified atom stereocenters. The summed E-state index contributed by atoms with van der Waals surface area (Å²) in [6.07, 6.45) is -0.369. The number of nitrogens with zero attached hydrogens (tertiary/aromatic N) is 2. The number of carbonyl (C=O) groups excluding carboxylic acids is 2. The number of thiophene rings is 1. The number of halogens is 2. The van der Waals surface area contributed by atoms with Crippen LogP contribution in [0, 0.1) is 0 Å². The monoisotopic (exact) mass is 372 g/mol. The normalized spacial score (nSPS) is 15.1. The van der Waals surface area contributed by atoms with E-state index >= 15 is 0 Å². The van der Waals surface area contributed by atoms with Gasteiger partial charge in [-0.2, -0.15) is 0 Å². The van der Waals surface area contributed by atoms with Crippen molar-refractivity contribution >= 4 is 56.6 Å². The molecule has 1 fully saturated rings. The Morgan fingerprint density at radius 3 is 2.43 bits per heavy atom. The van der Waals surface area contributed by atoms with Crippen molar-refractivity contribution in [3.05, 3.63) is 33.1 Å². The van der Waals surface area contributed by atoms with Gasteiger partial charge < -0.3 is 14.5 Å². The zero-order valence-electron chi connectivity index (χ0n) is 12.3. The molecule has 1 aromatic carbocycles. The van der Waals surface area contributed by atoms with Crippen LogP contribution in [-0.2, 0) is 4.74 Å². The Labute approximate surface area is 147 Å². The summed E-state index contributed by atoms with van der Waals surface area (Å²) < 4.78 is 5.58. The zero-order valence-corrected chi connectivity index (χ0v) is 14.7. The van der Waals surface area contributed by atoms with E-state index in [2.05, 4.69) is 0 Å². The first-order valence-electron chi connectivity index (χ1n) is 7.01. The second-order valence-corrected chi connectivity index (χ2v) is 7.00. The molecule has 2 amide bonds. The molecular formula is C15H14Cl2N2O3S. The number of piperazine rings is 1. The van der Waals surface area contributed by atoms with Crippen LogP contribution in [-0.4, -0.2) is 55.1 Å². The summed E-state index contributed by atoms with van der Waals surface area (Å²) in [5, 5.41) is 1.90. The molecule has 1 saturated heterocycles. The number of hydrogen-bond donors (Lipinski definition) is 0. The second-order valence-electron chi connectivity index (χ2n) is 5.13. The second kappa shape index (κ2) is 6.55. The molecule has 8 heteroatoms. The van der Waals surface area contributed by atoms with Crippen LogP contribution in [0.15, 0.2) is 18.2 Å². The molecule has 2 aromatic rings. The third-order valence-corrected chi connectivity index (χ3v) is 5.67. The fourth-order valence-electron chi connectivity index (χ4n) is 2.54.